The maximum absolute atomic E-state index is 13.9. The fraction of sp³-hybridized carbons (Fsp3) is 0.0800. The van der Waals surface area contributed by atoms with Gasteiger partial charge in [-0.05, 0) is 36.8 Å². The molecule has 8 nitrogen and oxygen atoms in total. The molecule has 1 aromatic carbocycles. The van der Waals surface area contributed by atoms with Crippen LogP contribution in [0.2, 0.25) is 0 Å². The number of fused-ring (bicyclic) bond motifs is 1. The largest absolute Gasteiger partial charge is 0.508 e. The minimum atomic E-state index is -0.522. The van der Waals surface area contributed by atoms with E-state index in [0.29, 0.717) is 16.8 Å². The second-order valence-corrected chi connectivity index (χ2v) is 7.89. The molecule has 0 saturated heterocycles. The summed E-state index contributed by atoms with van der Waals surface area (Å²) in [5, 5.41) is 24.2. The fourth-order valence-electron chi connectivity index (χ4n) is 4.03. The van der Waals surface area contributed by atoms with E-state index in [-0.39, 0.29) is 5.75 Å². The van der Waals surface area contributed by atoms with E-state index in [0.717, 1.165) is 44.4 Å². The van der Waals surface area contributed by atoms with Crippen molar-refractivity contribution in [3.8, 4) is 28.3 Å². The minimum absolute atomic E-state index is 0.147. The van der Waals surface area contributed by atoms with E-state index < -0.39 is 5.82 Å². The predicted molar refractivity (Wildman–Crippen MR) is 130 cm³/mol. The fourth-order valence-corrected chi connectivity index (χ4v) is 4.03. The number of aromatic amines is 2. The highest BCUT2D eigenvalue weighted by atomic mass is 19.1. The number of allylic oxidation sites excluding steroid dienone is 1. The zero-order valence-corrected chi connectivity index (χ0v) is 18.5. The zero-order chi connectivity index (χ0) is 23.8. The molecule has 0 atom stereocenters. The van der Waals surface area contributed by atoms with Crippen LogP contribution in [-0.2, 0) is 7.05 Å². The summed E-state index contributed by atoms with van der Waals surface area (Å²) in [7, 11) is 1.85. The van der Waals surface area contributed by atoms with Gasteiger partial charge in [0, 0.05) is 59.0 Å². The van der Waals surface area contributed by atoms with Gasteiger partial charge in [-0.2, -0.15) is 10.2 Å². The summed E-state index contributed by atoms with van der Waals surface area (Å²) in [6.07, 6.45) is 12.4. The average Bonchev–Trinajstić information content (AvgIpc) is 3.53. The Morgan fingerprint density at radius 2 is 2.03 bits per heavy atom. The second-order valence-electron chi connectivity index (χ2n) is 7.89. The third-order valence-corrected chi connectivity index (χ3v) is 5.63. The van der Waals surface area contributed by atoms with Crippen LogP contribution in [0, 0.1) is 5.82 Å². The number of aromatic hydroxyl groups is 1. The number of H-pyrrole nitrogens is 2. The Bertz CT molecular complexity index is 1650. The van der Waals surface area contributed by atoms with Crippen molar-refractivity contribution in [2.45, 2.75) is 6.92 Å². The molecular weight excluding hydrogens is 433 g/mol. The number of pyridine rings is 1. The summed E-state index contributed by atoms with van der Waals surface area (Å²) in [6, 6.07) is 5.89. The summed E-state index contributed by atoms with van der Waals surface area (Å²) in [5.41, 5.74) is 11.1. The van der Waals surface area contributed by atoms with Crippen LogP contribution in [0.25, 0.3) is 51.1 Å². The van der Waals surface area contributed by atoms with Gasteiger partial charge in [-0.1, -0.05) is 6.08 Å². The molecule has 4 heterocycles. The number of phenolic OH excluding ortho intramolecular Hbond substituents is 1. The standard InChI is InChI=1S/C25H22FN7O/c1-3-22-20(6-15(9-27)16-10-29-33(2)13-16)25(32-31-22)23-8-19-21(11-28-12-24(19)30-23)14-4-17(26)7-18(34)5-14/h3-13,30-31,34H,27H2,1-2H3/b15-9+,20-6+,22-3-. The molecule has 5 N–H and O–H groups in total. The van der Waals surface area contributed by atoms with Crippen LogP contribution in [0.1, 0.15) is 12.5 Å². The molecule has 0 unspecified atom stereocenters. The molecular formula is C25H22FN7O. The van der Waals surface area contributed by atoms with Gasteiger partial charge in [0.1, 0.15) is 17.3 Å². The number of hydrogen-bond donors (Lipinski definition) is 4. The van der Waals surface area contributed by atoms with Gasteiger partial charge < -0.3 is 15.8 Å². The zero-order valence-electron chi connectivity index (χ0n) is 18.5. The van der Waals surface area contributed by atoms with Crippen molar-refractivity contribution >= 4 is 28.6 Å². The molecule has 0 aliphatic heterocycles. The van der Waals surface area contributed by atoms with Crippen molar-refractivity contribution in [2.24, 2.45) is 12.8 Å². The number of benzene rings is 1. The Hall–Kier alpha value is -4.66. The number of nitrogens with two attached hydrogens (primary N) is 1. The van der Waals surface area contributed by atoms with Crippen LogP contribution in [0.3, 0.4) is 0 Å². The lowest BCUT2D eigenvalue weighted by atomic mass is 10.0. The molecule has 0 aliphatic rings. The Balaban J connectivity index is 1.69. The molecule has 9 heteroatoms. The second kappa shape index (κ2) is 8.36. The van der Waals surface area contributed by atoms with E-state index in [9.17, 15) is 9.50 Å². The van der Waals surface area contributed by atoms with Gasteiger partial charge in [0.25, 0.3) is 0 Å². The number of halogens is 1. The molecule has 0 saturated carbocycles. The van der Waals surface area contributed by atoms with E-state index >= 15 is 0 Å². The number of rotatable bonds is 4. The van der Waals surface area contributed by atoms with Gasteiger partial charge >= 0.3 is 0 Å². The van der Waals surface area contributed by atoms with Gasteiger partial charge in [-0.3, -0.25) is 14.8 Å². The topological polar surface area (TPSA) is 121 Å². The molecule has 34 heavy (non-hydrogen) atoms. The first kappa shape index (κ1) is 21.2. The lowest BCUT2D eigenvalue weighted by molar-refractivity contribution is 0.469. The van der Waals surface area contributed by atoms with Crippen molar-refractivity contribution < 1.29 is 9.50 Å². The molecule has 0 spiro atoms. The van der Waals surface area contributed by atoms with Crippen LogP contribution in [0.4, 0.5) is 4.39 Å². The molecule has 4 aromatic heterocycles. The highest BCUT2D eigenvalue weighted by Gasteiger charge is 2.14. The first-order valence-electron chi connectivity index (χ1n) is 10.6. The third-order valence-electron chi connectivity index (χ3n) is 5.63. The SMILES string of the molecule is C\C=c1/[nH]nc(-c2cc3c(-c4cc(O)cc(F)c4)cncc3[nH]2)/c1=C/C(=C\N)c1cnn(C)c1. The molecule has 0 amide bonds. The van der Waals surface area contributed by atoms with Crippen LogP contribution < -0.4 is 16.3 Å². The number of nitrogens with one attached hydrogen (secondary N) is 2. The molecule has 0 radical (unpaired) electrons. The number of aromatic nitrogens is 6. The molecule has 0 aliphatic carbocycles. The number of phenols is 1. The smallest absolute Gasteiger partial charge is 0.127 e. The van der Waals surface area contributed by atoms with Crippen molar-refractivity contribution in [3.63, 3.8) is 0 Å². The van der Waals surface area contributed by atoms with E-state index in [4.69, 9.17) is 5.73 Å². The highest BCUT2D eigenvalue weighted by molar-refractivity contribution is 5.97. The first-order chi connectivity index (χ1) is 16.5. The van der Waals surface area contributed by atoms with Gasteiger partial charge in [-0.15, -0.1) is 0 Å². The maximum Gasteiger partial charge on any atom is 0.127 e. The van der Waals surface area contributed by atoms with E-state index in [1.165, 1.54) is 18.3 Å². The summed E-state index contributed by atoms with van der Waals surface area (Å²) >= 11 is 0. The summed E-state index contributed by atoms with van der Waals surface area (Å²) in [5.74, 6) is -0.668. The predicted octanol–water partition coefficient (Wildman–Crippen LogP) is 2.78. The summed E-state index contributed by atoms with van der Waals surface area (Å²) in [6.45, 7) is 1.92. The van der Waals surface area contributed by atoms with E-state index in [1.54, 1.807) is 23.3 Å². The average molecular weight is 455 g/mol. The van der Waals surface area contributed by atoms with E-state index in [1.807, 2.05) is 38.4 Å². The lowest BCUT2D eigenvalue weighted by Gasteiger charge is -2.04. The summed E-state index contributed by atoms with van der Waals surface area (Å²) < 4.78 is 15.7. The maximum atomic E-state index is 13.9. The molecule has 5 aromatic rings. The quantitative estimate of drug-likeness (QED) is 0.332. The van der Waals surface area contributed by atoms with Crippen molar-refractivity contribution in [3.05, 3.63) is 77.2 Å². The van der Waals surface area contributed by atoms with E-state index in [2.05, 4.69) is 25.3 Å². The Labute approximate surface area is 193 Å². The molecule has 170 valence electrons. The van der Waals surface area contributed by atoms with Crippen LogP contribution in [-0.4, -0.2) is 35.1 Å². The Morgan fingerprint density at radius 1 is 1.18 bits per heavy atom. The number of nitrogens with zero attached hydrogens (tertiary/aromatic N) is 4. The first-order valence-corrected chi connectivity index (χ1v) is 10.6. The lowest BCUT2D eigenvalue weighted by Crippen LogP contribution is -2.23. The monoisotopic (exact) mass is 455 g/mol. The Morgan fingerprint density at radius 3 is 2.74 bits per heavy atom. The normalized spacial score (nSPS) is 13.3. The molecule has 0 bridgehead atoms. The van der Waals surface area contributed by atoms with Gasteiger partial charge in [0.05, 0.1) is 29.0 Å². The highest BCUT2D eigenvalue weighted by Crippen LogP contribution is 2.32. The number of hydrogen-bond acceptors (Lipinski definition) is 5. The van der Waals surface area contributed by atoms with Gasteiger partial charge in [0.2, 0.25) is 0 Å². The van der Waals surface area contributed by atoms with Crippen molar-refractivity contribution in [1.29, 1.82) is 0 Å². The van der Waals surface area contributed by atoms with Crippen molar-refractivity contribution in [1.82, 2.24) is 29.9 Å². The third kappa shape index (κ3) is 3.73. The number of aryl methyl sites for hydroxylation is 1. The molecule has 5 rings (SSSR count). The Kier molecular flexibility index (Phi) is 5.21. The van der Waals surface area contributed by atoms with Crippen LogP contribution >= 0.6 is 0 Å². The molecule has 0 fully saturated rings. The van der Waals surface area contributed by atoms with Crippen molar-refractivity contribution in [2.75, 3.05) is 0 Å². The van der Waals surface area contributed by atoms with Gasteiger partial charge in [0.15, 0.2) is 0 Å². The minimum Gasteiger partial charge on any atom is -0.508 e. The van der Waals surface area contributed by atoms with Gasteiger partial charge in [-0.25, -0.2) is 4.39 Å². The van der Waals surface area contributed by atoms with Crippen LogP contribution in [0.5, 0.6) is 5.75 Å². The summed E-state index contributed by atoms with van der Waals surface area (Å²) in [4.78, 5) is 7.65. The van der Waals surface area contributed by atoms with Crippen LogP contribution in [0.15, 0.2) is 55.3 Å².